The van der Waals surface area contributed by atoms with Crippen molar-refractivity contribution in [2.75, 3.05) is 0 Å². The molecule has 4 nitrogen and oxygen atoms in total. The van der Waals surface area contributed by atoms with Gasteiger partial charge in [0.15, 0.2) is 5.57 Å². The molecule has 0 saturated heterocycles. The smallest absolute Gasteiger partial charge is 0.268 e. The van der Waals surface area contributed by atoms with Crippen LogP contribution in [-0.2, 0) is 11.3 Å². The molecule has 1 aromatic rings. The van der Waals surface area contributed by atoms with Crippen molar-refractivity contribution in [1.82, 2.24) is 4.90 Å². The van der Waals surface area contributed by atoms with E-state index in [1.54, 1.807) is 0 Å². The summed E-state index contributed by atoms with van der Waals surface area (Å²) in [7, 11) is 0. The fraction of sp³-hybridized carbons (Fsp3) is 0.474. The van der Waals surface area contributed by atoms with Gasteiger partial charge in [0.05, 0.1) is 0 Å². The molecule has 3 unspecified atom stereocenters. The summed E-state index contributed by atoms with van der Waals surface area (Å²) in [4.78, 5) is 14.7. The molecule has 1 N–H and O–H groups in total. The van der Waals surface area contributed by atoms with Gasteiger partial charge in [-0.1, -0.05) is 36.8 Å². The number of aliphatic hydroxyl groups excluding tert-OH is 1. The Hall–Kier alpha value is -2.28. The molecule has 23 heavy (non-hydrogen) atoms. The Bertz CT molecular complexity index is 656. The zero-order valence-corrected chi connectivity index (χ0v) is 13.4. The quantitative estimate of drug-likeness (QED) is 0.525. The van der Waals surface area contributed by atoms with Gasteiger partial charge in [-0.05, 0) is 43.6 Å². The van der Waals surface area contributed by atoms with E-state index in [0.29, 0.717) is 18.4 Å². The van der Waals surface area contributed by atoms with Crippen molar-refractivity contribution in [2.45, 2.75) is 45.2 Å². The molecule has 2 saturated carbocycles. The van der Waals surface area contributed by atoms with Crippen molar-refractivity contribution in [3.05, 3.63) is 47.2 Å². The third-order valence-corrected chi connectivity index (χ3v) is 5.25. The predicted octanol–water partition coefficient (Wildman–Crippen LogP) is 3.56. The average Bonchev–Trinajstić information content (AvgIpc) is 3.16. The first kappa shape index (κ1) is 15.6. The van der Waals surface area contributed by atoms with Crippen molar-refractivity contribution >= 4 is 5.91 Å². The van der Waals surface area contributed by atoms with Crippen LogP contribution in [0.3, 0.4) is 0 Å². The Kier molecular flexibility index (Phi) is 4.38. The number of nitriles is 1. The van der Waals surface area contributed by atoms with E-state index < -0.39 is 0 Å². The number of carbonyl (C=O) groups excluding carboxylic acids is 1. The van der Waals surface area contributed by atoms with Gasteiger partial charge >= 0.3 is 0 Å². The first-order valence-electron chi connectivity index (χ1n) is 8.25. The van der Waals surface area contributed by atoms with Gasteiger partial charge in [0.2, 0.25) is 0 Å². The summed E-state index contributed by atoms with van der Waals surface area (Å²) in [5.41, 5.74) is 0.917. The van der Waals surface area contributed by atoms with E-state index in [0.717, 1.165) is 18.4 Å². The topological polar surface area (TPSA) is 64.3 Å². The molecule has 2 bridgehead atoms. The van der Waals surface area contributed by atoms with Crippen LogP contribution in [0.25, 0.3) is 0 Å². The molecule has 0 aromatic heterocycles. The van der Waals surface area contributed by atoms with E-state index in [9.17, 15) is 15.2 Å². The lowest BCUT2D eigenvalue weighted by molar-refractivity contribution is -0.131. The highest BCUT2D eigenvalue weighted by Gasteiger charge is 2.44. The number of rotatable bonds is 4. The lowest BCUT2D eigenvalue weighted by Gasteiger charge is -2.34. The summed E-state index contributed by atoms with van der Waals surface area (Å²) in [6, 6.07) is 11.9. The molecule has 3 atom stereocenters. The Morgan fingerprint density at radius 1 is 1.30 bits per heavy atom. The Balaban J connectivity index is 1.89. The van der Waals surface area contributed by atoms with Crippen LogP contribution in [0.1, 0.15) is 38.2 Å². The maximum atomic E-state index is 12.9. The van der Waals surface area contributed by atoms with Gasteiger partial charge in [-0.15, -0.1) is 0 Å². The van der Waals surface area contributed by atoms with Crippen LogP contribution in [-0.4, -0.2) is 22.0 Å². The maximum absolute atomic E-state index is 12.9. The number of allylic oxidation sites excluding steroid dienone is 1. The normalized spacial score (nSPS) is 26.5. The summed E-state index contributed by atoms with van der Waals surface area (Å²) in [5, 5.41) is 18.9. The first-order valence-corrected chi connectivity index (χ1v) is 8.25. The lowest BCUT2D eigenvalue weighted by Crippen LogP contribution is -2.43. The van der Waals surface area contributed by atoms with Crippen LogP contribution in [0, 0.1) is 23.2 Å². The second kappa shape index (κ2) is 6.45. The number of hydrogen-bond acceptors (Lipinski definition) is 3. The summed E-state index contributed by atoms with van der Waals surface area (Å²) < 4.78 is 0. The first-order chi connectivity index (χ1) is 11.1. The molecule has 3 rings (SSSR count). The fourth-order valence-electron chi connectivity index (χ4n) is 4.14. The largest absolute Gasteiger partial charge is 0.511 e. The molecule has 0 radical (unpaired) electrons. The number of fused-ring (bicyclic) bond motifs is 2. The van der Waals surface area contributed by atoms with Crippen molar-refractivity contribution in [1.29, 1.82) is 5.26 Å². The minimum Gasteiger partial charge on any atom is -0.511 e. The summed E-state index contributed by atoms with van der Waals surface area (Å²) in [6.45, 7) is 1.89. The molecule has 1 amide bonds. The molecule has 120 valence electrons. The number of amides is 1. The third kappa shape index (κ3) is 3.10. The number of carbonyl (C=O) groups is 1. The Morgan fingerprint density at radius 2 is 2.04 bits per heavy atom. The van der Waals surface area contributed by atoms with Crippen LogP contribution >= 0.6 is 0 Å². The summed E-state index contributed by atoms with van der Waals surface area (Å²) in [5.74, 6) is 0.708. The zero-order valence-electron chi connectivity index (χ0n) is 13.4. The van der Waals surface area contributed by atoms with Gasteiger partial charge in [0.1, 0.15) is 11.8 Å². The molecule has 4 heteroatoms. The summed E-state index contributed by atoms with van der Waals surface area (Å²) >= 11 is 0. The highest BCUT2D eigenvalue weighted by Crippen LogP contribution is 2.47. The van der Waals surface area contributed by atoms with Gasteiger partial charge in [-0.2, -0.15) is 5.26 Å². The maximum Gasteiger partial charge on any atom is 0.268 e. The van der Waals surface area contributed by atoms with Gasteiger partial charge in [-0.25, -0.2) is 0 Å². The number of benzene rings is 1. The number of nitrogens with zero attached hydrogens (tertiary/aromatic N) is 2. The Labute approximate surface area is 137 Å². The highest BCUT2D eigenvalue weighted by atomic mass is 16.3. The zero-order chi connectivity index (χ0) is 16.4. The fourth-order valence-corrected chi connectivity index (χ4v) is 4.14. The number of aliphatic hydroxyl groups is 1. The van der Waals surface area contributed by atoms with E-state index in [4.69, 9.17) is 0 Å². The molecule has 2 fully saturated rings. The van der Waals surface area contributed by atoms with E-state index in [1.165, 1.54) is 19.8 Å². The van der Waals surface area contributed by atoms with E-state index in [2.05, 4.69) is 0 Å². The molecular weight excluding hydrogens is 288 g/mol. The minimum atomic E-state index is -0.339. The molecule has 2 aliphatic rings. The van der Waals surface area contributed by atoms with Crippen LogP contribution in [0.2, 0.25) is 0 Å². The predicted molar refractivity (Wildman–Crippen MR) is 87.2 cm³/mol. The Morgan fingerprint density at radius 3 is 2.57 bits per heavy atom. The van der Waals surface area contributed by atoms with Crippen molar-refractivity contribution in [3.8, 4) is 6.07 Å². The second-order valence-electron chi connectivity index (χ2n) is 6.73. The van der Waals surface area contributed by atoms with Crippen molar-refractivity contribution < 1.29 is 9.90 Å². The summed E-state index contributed by atoms with van der Waals surface area (Å²) in [6.07, 6.45) is 4.63. The van der Waals surface area contributed by atoms with Crippen LogP contribution in [0.4, 0.5) is 0 Å². The molecule has 0 aliphatic heterocycles. The SMILES string of the molecule is CC(O)=C(C#N)C(=O)N(Cc1ccccc1)C1CC2CCC1C2. The molecule has 0 spiro atoms. The lowest BCUT2D eigenvalue weighted by atomic mass is 9.93. The molecule has 1 aromatic carbocycles. The van der Waals surface area contributed by atoms with E-state index in [1.807, 2.05) is 41.3 Å². The highest BCUT2D eigenvalue weighted by molar-refractivity contribution is 5.97. The van der Waals surface area contributed by atoms with Gasteiger partial charge < -0.3 is 10.0 Å². The van der Waals surface area contributed by atoms with Gasteiger partial charge in [-0.3, -0.25) is 4.79 Å². The third-order valence-electron chi connectivity index (χ3n) is 5.25. The van der Waals surface area contributed by atoms with Crippen molar-refractivity contribution in [2.24, 2.45) is 11.8 Å². The van der Waals surface area contributed by atoms with E-state index in [-0.39, 0.29) is 23.3 Å². The number of hydrogen-bond donors (Lipinski definition) is 1. The standard InChI is InChI=1S/C19H22N2O2/c1-13(22)17(11-20)19(23)21(12-14-5-3-2-4-6-14)18-10-15-7-8-16(18)9-15/h2-6,15-16,18,22H,7-10,12H2,1H3. The van der Waals surface area contributed by atoms with Crippen molar-refractivity contribution in [3.63, 3.8) is 0 Å². The molecular formula is C19H22N2O2. The van der Waals surface area contributed by atoms with Gasteiger partial charge in [0, 0.05) is 12.6 Å². The van der Waals surface area contributed by atoms with E-state index >= 15 is 0 Å². The molecule has 0 heterocycles. The van der Waals surface area contributed by atoms with Crippen LogP contribution < -0.4 is 0 Å². The minimum absolute atomic E-state index is 0.135. The monoisotopic (exact) mass is 310 g/mol. The molecule has 2 aliphatic carbocycles. The average molecular weight is 310 g/mol. The second-order valence-corrected chi connectivity index (χ2v) is 6.73. The van der Waals surface area contributed by atoms with Crippen LogP contribution in [0.5, 0.6) is 0 Å². The van der Waals surface area contributed by atoms with Gasteiger partial charge in [0.25, 0.3) is 5.91 Å². The van der Waals surface area contributed by atoms with Crippen LogP contribution in [0.15, 0.2) is 41.7 Å².